The van der Waals surface area contributed by atoms with E-state index in [2.05, 4.69) is 6.92 Å². The van der Waals surface area contributed by atoms with Crippen molar-refractivity contribution in [2.45, 2.75) is 38.4 Å². The summed E-state index contributed by atoms with van der Waals surface area (Å²) in [5, 5.41) is -0.498. The highest BCUT2D eigenvalue weighted by atomic mass is 19.1. The summed E-state index contributed by atoms with van der Waals surface area (Å²) in [6, 6.07) is 4.51. The second-order valence-corrected chi connectivity index (χ2v) is 4.10. The van der Waals surface area contributed by atoms with Crippen molar-refractivity contribution in [2.24, 2.45) is 0 Å². The summed E-state index contributed by atoms with van der Waals surface area (Å²) >= 11 is 0. The Labute approximate surface area is 98.4 Å². The van der Waals surface area contributed by atoms with Crippen molar-refractivity contribution in [3.05, 3.63) is 29.6 Å². The topological polar surface area (TPSA) is 9.23 Å². The number of halogens is 1. The van der Waals surface area contributed by atoms with Crippen LogP contribution in [0.15, 0.2) is 18.2 Å². The maximum Gasteiger partial charge on any atom is 0.123 e. The molecule has 0 saturated heterocycles. The molecular formula is C13H18BFO. The molecule has 0 fully saturated rings. The Kier molecular flexibility index (Phi) is 4.39. The summed E-state index contributed by atoms with van der Waals surface area (Å²) < 4.78 is 18.5. The summed E-state index contributed by atoms with van der Waals surface area (Å²) in [5.41, 5.74) is 0.763. The third-order valence-corrected chi connectivity index (χ3v) is 3.02. The summed E-state index contributed by atoms with van der Waals surface area (Å²) in [6.07, 6.45) is 2.55. The van der Waals surface area contributed by atoms with Gasteiger partial charge in [0.15, 0.2) is 0 Å². The van der Waals surface area contributed by atoms with Gasteiger partial charge in [0.05, 0.1) is 15.0 Å². The zero-order chi connectivity index (χ0) is 12.2. The SMILES string of the molecule is [B]C(CC)(CCC)c1cc(F)ccc1OC. The van der Waals surface area contributed by atoms with Crippen LogP contribution in [-0.2, 0) is 5.31 Å². The number of hydrogen-bond donors (Lipinski definition) is 0. The van der Waals surface area contributed by atoms with E-state index >= 15 is 0 Å². The fourth-order valence-electron chi connectivity index (χ4n) is 2.02. The van der Waals surface area contributed by atoms with Crippen LogP contribution < -0.4 is 4.74 Å². The third kappa shape index (κ3) is 2.57. The maximum atomic E-state index is 13.3. The van der Waals surface area contributed by atoms with Gasteiger partial charge in [-0.2, -0.15) is 0 Å². The molecule has 86 valence electrons. The largest absolute Gasteiger partial charge is 0.496 e. The molecule has 3 heteroatoms. The molecule has 0 N–H and O–H groups in total. The van der Waals surface area contributed by atoms with Crippen LogP contribution in [0.4, 0.5) is 4.39 Å². The van der Waals surface area contributed by atoms with Crippen LogP contribution in [0.5, 0.6) is 5.75 Å². The Balaban J connectivity index is 3.21. The molecule has 0 amide bonds. The average molecular weight is 220 g/mol. The van der Waals surface area contributed by atoms with E-state index in [-0.39, 0.29) is 5.82 Å². The molecule has 2 radical (unpaired) electrons. The lowest BCUT2D eigenvalue weighted by molar-refractivity contribution is 0.393. The van der Waals surface area contributed by atoms with Gasteiger partial charge in [-0.05, 0) is 29.1 Å². The van der Waals surface area contributed by atoms with E-state index in [0.717, 1.165) is 24.8 Å². The van der Waals surface area contributed by atoms with Crippen LogP contribution in [-0.4, -0.2) is 15.0 Å². The van der Waals surface area contributed by atoms with Crippen molar-refractivity contribution in [1.29, 1.82) is 0 Å². The fraction of sp³-hybridized carbons (Fsp3) is 0.538. The maximum absolute atomic E-state index is 13.3. The van der Waals surface area contributed by atoms with Gasteiger partial charge in [0.2, 0.25) is 0 Å². The second kappa shape index (κ2) is 5.38. The van der Waals surface area contributed by atoms with Gasteiger partial charge in [0.1, 0.15) is 11.6 Å². The molecule has 1 aromatic carbocycles. The molecule has 0 spiro atoms. The van der Waals surface area contributed by atoms with Crippen LogP contribution in [0.25, 0.3) is 0 Å². The highest BCUT2D eigenvalue weighted by Crippen LogP contribution is 2.36. The van der Waals surface area contributed by atoms with Crippen molar-refractivity contribution in [3.8, 4) is 5.75 Å². The van der Waals surface area contributed by atoms with Gasteiger partial charge in [-0.15, -0.1) is 0 Å². The van der Waals surface area contributed by atoms with Gasteiger partial charge in [0, 0.05) is 0 Å². The molecule has 1 nitrogen and oxygen atoms in total. The van der Waals surface area contributed by atoms with Gasteiger partial charge >= 0.3 is 0 Å². The molecule has 16 heavy (non-hydrogen) atoms. The predicted octanol–water partition coefficient (Wildman–Crippen LogP) is 3.41. The first kappa shape index (κ1) is 13.1. The highest BCUT2D eigenvalue weighted by Gasteiger charge is 2.26. The minimum Gasteiger partial charge on any atom is -0.496 e. The molecule has 1 unspecified atom stereocenters. The zero-order valence-corrected chi connectivity index (χ0v) is 10.2. The number of benzene rings is 1. The zero-order valence-electron chi connectivity index (χ0n) is 10.2. The van der Waals surface area contributed by atoms with E-state index in [1.807, 2.05) is 6.92 Å². The first-order valence-corrected chi connectivity index (χ1v) is 5.70. The van der Waals surface area contributed by atoms with Gasteiger partial charge < -0.3 is 4.74 Å². The average Bonchev–Trinajstić information content (AvgIpc) is 2.29. The Bertz CT molecular complexity index is 354. The second-order valence-electron chi connectivity index (χ2n) is 4.10. The van der Waals surface area contributed by atoms with E-state index in [1.165, 1.54) is 12.1 Å². The molecule has 0 saturated carbocycles. The number of rotatable bonds is 5. The lowest BCUT2D eigenvalue weighted by Gasteiger charge is -2.30. The number of methoxy groups -OCH3 is 1. The van der Waals surface area contributed by atoms with E-state index in [0.29, 0.717) is 5.75 Å². The van der Waals surface area contributed by atoms with Crippen LogP contribution in [0, 0.1) is 5.82 Å². The van der Waals surface area contributed by atoms with Crippen LogP contribution >= 0.6 is 0 Å². The smallest absolute Gasteiger partial charge is 0.123 e. The lowest BCUT2D eigenvalue weighted by atomic mass is 9.60. The monoisotopic (exact) mass is 220 g/mol. The molecule has 0 aliphatic carbocycles. The van der Waals surface area contributed by atoms with Crippen molar-refractivity contribution in [2.75, 3.05) is 7.11 Å². The van der Waals surface area contributed by atoms with Crippen molar-refractivity contribution < 1.29 is 9.13 Å². The fourth-order valence-corrected chi connectivity index (χ4v) is 2.02. The van der Waals surface area contributed by atoms with Crippen LogP contribution in [0.3, 0.4) is 0 Å². The van der Waals surface area contributed by atoms with Crippen molar-refractivity contribution >= 4 is 7.85 Å². The molecule has 0 bridgehead atoms. The molecule has 1 atom stereocenters. The van der Waals surface area contributed by atoms with Gasteiger partial charge in [-0.25, -0.2) is 4.39 Å². The van der Waals surface area contributed by atoms with E-state index < -0.39 is 5.31 Å². The Morgan fingerprint density at radius 3 is 2.56 bits per heavy atom. The molecule has 0 aromatic heterocycles. The highest BCUT2D eigenvalue weighted by molar-refractivity contribution is 6.16. The third-order valence-electron chi connectivity index (χ3n) is 3.02. The molecule has 0 aliphatic heterocycles. The van der Waals surface area contributed by atoms with Crippen LogP contribution in [0.1, 0.15) is 38.7 Å². The van der Waals surface area contributed by atoms with Crippen molar-refractivity contribution in [1.82, 2.24) is 0 Å². The lowest BCUT2D eigenvalue weighted by Crippen LogP contribution is -2.26. The summed E-state index contributed by atoms with van der Waals surface area (Å²) in [6.45, 7) is 4.09. The normalized spacial score (nSPS) is 14.5. The Hall–Kier alpha value is -0.985. The summed E-state index contributed by atoms with van der Waals surface area (Å²) in [7, 11) is 7.91. The predicted molar refractivity (Wildman–Crippen MR) is 65.6 cm³/mol. The summed E-state index contributed by atoms with van der Waals surface area (Å²) in [4.78, 5) is 0. The van der Waals surface area contributed by atoms with Gasteiger partial charge in [0.25, 0.3) is 0 Å². The summed E-state index contributed by atoms with van der Waals surface area (Å²) in [5.74, 6) is 0.398. The standard InChI is InChI=1S/C13H18BFO/c1-4-8-13(14,5-2)11-9-10(15)6-7-12(11)16-3/h6-7,9H,4-5,8H2,1-3H3. The quantitative estimate of drug-likeness (QED) is 0.691. The molecule has 1 aromatic rings. The van der Waals surface area contributed by atoms with Gasteiger partial charge in [-0.1, -0.05) is 33.1 Å². The first-order chi connectivity index (χ1) is 7.57. The minimum absolute atomic E-state index is 0.268. The van der Waals surface area contributed by atoms with E-state index in [1.54, 1.807) is 13.2 Å². The van der Waals surface area contributed by atoms with E-state index in [9.17, 15) is 4.39 Å². The molecule has 0 aliphatic rings. The van der Waals surface area contributed by atoms with E-state index in [4.69, 9.17) is 12.6 Å². The van der Waals surface area contributed by atoms with Crippen LogP contribution in [0.2, 0.25) is 0 Å². The number of hydrogen-bond acceptors (Lipinski definition) is 1. The Morgan fingerprint density at radius 2 is 2.06 bits per heavy atom. The number of ether oxygens (including phenoxy) is 1. The van der Waals surface area contributed by atoms with Crippen molar-refractivity contribution in [3.63, 3.8) is 0 Å². The van der Waals surface area contributed by atoms with Gasteiger partial charge in [-0.3, -0.25) is 0 Å². The molecule has 0 heterocycles. The molecule has 1 rings (SSSR count). The molecular weight excluding hydrogens is 202 g/mol. The minimum atomic E-state index is -0.498. The first-order valence-electron chi connectivity index (χ1n) is 5.70. The Morgan fingerprint density at radius 1 is 1.38 bits per heavy atom.